The van der Waals surface area contributed by atoms with E-state index in [1.165, 1.54) is 0 Å². The fraction of sp³-hybridized carbons (Fsp3) is 0.676. The monoisotopic (exact) mass is 889 g/mol. The number of nitriles is 1. The summed E-state index contributed by atoms with van der Waals surface area (Å²) in [6, 6.07) is 9.66. The van der Waals surface area contributed by atoms with Crippen LogP contribution in [0.2, 0.25) is 0 Å². The first-order valence-corrected chi connectivity index (χ1v) is 17.9. The SMILES string of the molecule is COc1ccc([C@@H]2CN(C(=O)/C(C#N)=C/C(C)(C)CN3CCOCC3)C[C@H]2C(=O)NCCOCCOCCOCCOCCOCCN[C-]=O)cc1.[Tb]. The molecular weight excluding hydrogens is 833 g/mol. The van der Waals surface area contributed by atoms with Crippen LogP contribution in [0.15, 0.2) is 35.9 Å². The number of morpholine rings is 1. The number of hydrogen-bond acceptors (Lipinski definition) is 12. The zero-order valence-electron chi connectivity index (χ0n) is 31.2. The first-order valence-electron chi connectivity index (χ1n) is 17.9. The smallest absolute Gasteiger partial charge is 0.264 e. The van der Waals surface area contributed by atoms with Crippen molar-refractivity contribution in [1.82, 2.24) is 20.4 Å². The Labute approximate surface area is 344 Å². The second kappa shape index (κ2) is 27.3. The van der Waals surface area contributed by atoms with Gasteiger partial charge in [0.25, 0.3) is 5.91 Å². The number of carbonyl (C=O) groups is 2. The van der Waals surface area contributed by atoms with Crippen molar-refractivity contribution in [3.05, 3.63) is 41.5 Å². The van der Waals surface area contributed by atoms with Crippen LogP contribution in [0.3, 0.4) is 0 Å². The molecule has 0 aromatic heterocycles. The number of rotatable bonds is 26. The predicted molar refractivity (Wildman–Crippen MR) is 191 cm³/mol. The predicted octanol–water partition coefficient (Wildman–Crippen LogP) is 0.902. The van der Waals surface area contributed by atoms with Gasteiger partial charge in [0, 0.05) is 90.3 Å². The first-order chi connectivity index (χ1) is 25.3. The number of ether oxygens (including phenoxy) is 7. The molecule has 2 N–H and O–H groups in total. The minimum Gasteiger partial charge on any atom is -0.528 e. The maximum Gasteiger partial charge on any atom is 0.264 e. The van der Waals surface area contributed by atoms with Crippen molar-refractivity contribution in [2.75, 3.05) is 132 Å². The van der Waals surface area contributed by atoms with Gasteiger partial charge in [-0.15, -0.1) is 0 Å². The Kier molecular flexibility index (Phi) is 24.1. The van der Waals surface area contributed by atoms with Crippen molar-refractivity contribution < 1.29 is 86.2 Å². The molecule has 2 atom stereocenters. The fourth-order valence-corrected chi connectivity index (χ4v) is 6.04. The Morgan fingerprint density at radius 3 is 1.98 bits per heavy atom. The summed E-state index contributed by atoms with van der Waals surface area (Å²) >= 11 is 0. The molecular formula is C37H56N5O10Tb-. The number of likely N-dealkylation sites (tertiary alicyclic amines) is 1. The van der Waals surface area contributed by atoms with Gasteiger partial charge in [0.15, 0.2) is 0 Å². The number of methoxy groups -OCH3 is 1. The molecule has 1 radical (unpaired) electrons. The molecule has 53 heavy (non-hydrogen) atoms. The van der Waals surface area contributed by atoms with Crippen LogP contribution >= 0.6 is 0 Å². The summed E-state index contributed by atoms with van der Waals surface area (Å²) in [5.74, 6) is -0.599. The molecule has 1 aromatic carbocycles. The molecule has 0 aliphatic carbocycles. The van der Waals surface area contributed by atoms with Gasteiger partial charge in [-0.1, -0.05) is 32.1 Å². The third-order valence-corrected chi connectivity index (χ3v) is 8.59. The van der Waals surface area contributed by atoms with Crippen molar-refractivity contribution >= 4 is 18.2 Å². The Hall–Kier alpha value is -2.33. The average molecular weight is 890 g/mol. The molecule has 1 aromatic rings. The molecule has 0 bridgehead atoms. The minimum absolute atomic E-state index is 0. The summed E-state index contributed by atoms with van der Waals surface area (Å²) < 4.78 is 38.1. The molecule has 2 aliphatic heterocycles. The van der Waals surface area contributed by atoms with Crippen molar-refractivity contribution in [2.24, 2.45) is 11.3 Å². The van der Waals surface area contributed by atoms with Crippen LogP contribution in [-0.2, 0) is 42.8 Å². The summed E-state index contributed by atoms with van der Waals surface area (Å²) in [5, 5.41) is 15.4. The molecule has 3 rings (SSSR count). The molecule has 0 spiro atoms. The van der Waals surface area contributed by atoms with Crippen LogP contribution in [0.5, 0.6) is 5.75 Å². The maximum atomic E-state index is 13.7. The third-order valence-electron chi connectivity index (χ3n) is 8.59. The van der Waals surface area contributed by atoms with E-state index < -0.39 is 11.3 Å². The van der Waals surface area contributed by atoms with E-state index in [1.54, 1.807) is 24.5 Å². The number of nitrogens with zero attached hydrogens (tertiary/aromatic N) is 3. The summed E-state index contributed by atoms with van der Waals surface area (Å²) in [7, 11) is 1.60. The number of nitrogens with one attached hydrogen (secondary N) is 2. The van der Waals surface area contributed by atoms with Gasteiger partial charge in [-0.05, 0) is 23.1 Å². The number of hydrogen-bond donors (Lipinski definition) is 2. The van der Waals surface area contributed by atoms with Crippen LogP contribution < -0.4 is 15.4 Å². The zero-order valence-corrected chi connectivity index (χ0v) is 33.4. The van der Waals surface area contributed by atoms with Gasteiger partial charge in [-0.2, -0.15) is 11.7 Å². The average Bonchev–Trinajstić information content (AvgIpc) is 3.60. The fourth-order valence-electron chi connectivity index (χ4n) is 6.04. The molecule has 2 fully saturated rings. The van der Waals surface area contributed by atoms with Gasteiger partial charge < -0.3 is 53.5 Å². The summed E-state index contributed by atoms with van der Waals surface area (Å²) in [6.45, 7) is 13.0. The van der Waals surface area contributed by atoms with Crippen molar-refractivity contribution in [3.8, 4) is 11.8 Å². The Balaban J connectivity index is 0.00000972. The number of benzene rings is 1. The Morgan fingerprint density at radius 2 is 1.45 bits per heavy atom. The van der Waals surface area contributed by atoms with Gasteiger partial charge in [0.1, 0.15) is 17.4 Å². The topological polar surface area (TPSA) is 170 Å². The van der Waals surface area contributed by atoms with Crippen LogP contribution in [0.25, 0.3) is 0 Å². The van der Waals surface area contributed by atoms with Crippen LogP contribution in [0, 0.1) is 61.3 Å². The summed E-state index contributed by atoms with van der Waals surface area (Å²) in [6.07, 6.45) is 3.35. The standard InChI is InChI=1S/C37H56N5O10.Tb/c1-37(2,28-41-10-14-49-15-11-41)24-31(25-38)36(45)42-26-33(30-4-6-32(46-3)7-5-30)34(27-42)35(44)40-9-13-48-17-19-51-21-23-52-22-20-50-18-16-47-12-8-39-29-43;/h4-7,24,33-34H,8-23,26-28H2,1-3H3,(H,39,43)(H,40,44);/q-1;/b31-24+;/t33-,34+;/m0./s1. The van der Waals surface area contributed by atoms with Crippen molar-refractivity contribution in [2.45, 2.75) is 19.8 Å². The van der Waals surface area contributed by atoms with E-state index in [0.717, 1.165) is 18.7 Å². The Bertz CT molecular complexity index is 1270. The second-order valence-corrected chi connectivity index (χ2v) is 13.1. The van der Waals surface area contributed by atoms with Gasteiger partial charge in [0.05, 0.1) is 92.3 Å². The van der Waals surface area contributed by atoms with E-state index in [9.17, 15) is 19.6 Å². The van der Waals surface area contributed by atoms with Gasteiger partial charge >= 0.3 is 0 Å². The number of carbonyl (C=O) groups excluding carboxylic acids is 3. The maximum absolute atomic E-state index is 13.7. The normalized spacial score (nSPS) is 17.8. The quantitative estimate of drug-likeness (QED) is 0.0444. The van der Waals surface area contributed by atoms with E-state index in [1.807, 2.05) is 38.1 Å². The summed E-state index contributed by atoms with van der Waals surface area (Å²) in [4.78, 5) is 41.1. The van der Waals surface area contributed by atoms with E-state index in [0.29, 0.717) is 111 Å². The summed E-state index contributed by atoms with van der Waals surface area (Å²) in [5.41, 5.74) is 0.594. The Morgan fingerprint density at radius 1 is 0.906 bits per heavy atom. The van der Waals surface area contributed by atoms with Gasteiger partial charge in [0.2, 0.25) is 5.91 Å². The van der Waals surface area contributed by atoms with Crippen LogP contribution in [-0.4, -0.2) is 160 Å². The molecule has 0 unspecified atom stereocenters. The molecule has 2 saturated heterocycles. The second-order valence-electron chi connectivity index (χ2n) is 13.1. The van der Waals surface area contributed by atoms with Gasteiger partial charge in [-0.25, -0.2) is 0 Å². The van der Waals surface area contributed by atoms with Crippen LogP contribution in [0.4, 0.5) is 0 Å². The van der Waals surface area contributed by atoms with Crippen molar-refractivity contribution in [1.29, 1.82) is 5.26 Å². The molecule has 0 saturated carbocycles. The van der Waals surface area contributed by atoms with E-state index >= 15 is 0 Å². The van der Waals surface area contributed by atoms with E-state index in [4.69, 9.17) is 33.2 Å². The van der Waals surface area contributed by atoms with E-state index in [2.05, 4.69) is 21.6 Å². The number of amides is 3. The molecule has 15 nitrogen and oxygen atoms in total. The largest absolute Gasteiger partial charge is 0.528 e. The molecule has 2 aliphatic rings. The van der Waals surface area contributed by atoms with E-state index in [-0.39, 0.29) is 68.5 Å². The third kappa shape index (κ3) is 18.2. The molecule has 3 amide bonds. The zero-order chi connectivity index (χ0) is 37.4. The molecule has 16 heteroatoms. The van der Waals surface area contributed by atoms with Crippen molar-refractivity contribution in [3.63, 3.8) is 0 Å². The molecule has 299 valence electrons. The molecule has 2 heterocycles. The minimum atomic E-state index is -0.503. The first kappa shape index (κ1) is 46.8. The van der Waals surface area contributed by atoms with Gasteiger partial charge in [-0.3, -0.25) is 14.5 Å². The van der Waals surface area contributed by atoms with Crippen LogP contribution in [0.1, 0.15) is 25.3 Å².